The molecule has 0 aliphatic carbocycles. The van der Waals surface area contributed by atoms with Crippen molar-refractivity contribution in [2.75, 3.05) is 13.1 Å². The SMILES string of the molecule is O=C(CN1Cc2ccccc2C1)N1CCCC1c1nc2ccccc2[nH]1. The van der Waals surface area contributed by atoms with Crippen molar-refractivity contribution in [3.8, 4) is 0 Å². The molecule has 26 heavy (non-hydrogen) atoms. The number of carbonyl (C=O) groups is 1. The van der Waals surface area contributed by atoms with E-state index in [1.165, 1.54) is 11.1 Å². The number of carbonyl (C=O) groups excluding carboxylic acids is 1. The lowest BCUT2D eigenvalue weighted by Gasteiger charge is -2.25. The first-order valence-corrected chi connectivity index (χ1v) is 9.31. The summed E-state index contributed by atoms with van der Waals surface area (Å²) in [6.07, 6.45) is 2.01. The summed E-state index contributed by atoms with van der Waals surface area (Å²) in [5.41, 5.74) is 4.69. The molecule has 2 aliphatic rings. The monoisotopic (exact) mass is 346 g/mol. The predicted molar refractivity (Wildman–Crippen MR) is 100 cm³/mol. The molecule has 3 aromatic rings. The topological polar surface area (TPSA) is 52.2 Å². The Bertz CT molecular complexity index is 905. The highest BCUT2D eigenvalue weighted by Crippen LogP contribution is 2.32. The summed E-state index contributed by atoms with van der Waals surface area (Å²) in [6, 6.07) is 16.6. The lowest BCUT2D eigenvalue weighted by Crippen LogP contribution is -2.38. The molecule has 3 heterocycles. The van der Waals surface area contributed by atoms with Crippen LogP contribution in [0.1, 0.15) is 35.8 Å². The Morgan fingerprint density at radius 3 is 2.58 bits per heavy atom. The Balaban J connectivity index is 1.32. The molecule has 1 atom stereocenters. The molecule has 2 aromatic carbocycles. The van der Waals surface area contributed by atoms with Crippen molar-refractivity contribution in [2.24, 2.45) is 0 Å². The zero-order valence-corrected chi connectivity index (χ0v) is 14.7. The molecule has 0 spiro atoms. The van der Waals surface area contributed by atoms with Gasteiger partial charge in [-0.05, 0) is 36.1 Å². The Labute approximate surface area is 152 Å². The van der Waals surface area contributed by atoms with Crippen LogP contribution in [0.15, 0.2) is 48.5 Å². The predicted octanol–water partition coefficient (Wildman–Crippen LogP) is 3.24. The minimum atomic E-state index is 0.0693. The summed E-state index contributed by atoms with van der Waals surface area (Å²) in [7, 11) is 0. The molecule has 5 rings (SSSR count). The molecule has 5 heteroatoms. The quantitative estimate of drug-likeness (QED) is 0.792. The maximum absolute atomic E-state index is 13.0. The number of nitrogens with zero attached hydrogens (tertiary/aromatic N) is 3. The average Bonchev–Trinajstić information content (AvgIpc) is 3.37. The number of hydrogen-bond acceptors (Lipinski definition) is 3. The lowest BCUT2D eigenvalue weighted by molar-refractivity contribution is -0.133. The van der Waals surface area contributed by atoms with Crippen LogP contribution in [-0.2, 0) is 17.9 Å². The molecule has 1 fully saturated rings. The summed E-state index contributed by atoms with van der Waals surface area (Å²) in [5, 5.41) is 0. The van der Waals surface area contributed by atoms with Crippen LogP contribution in [0.2, 0.25) is 0 Å². The summed E-state index contributed by atoms with van der Waals surface area (Å²) in [6.45, 7) is 3.03. The van der Waals surface area contributed by atoms with E-state index in [4.69, 9.17) is 4.98 Å². The highest BCUT2D eigenvalue weighted by molar-refractivity contribution is 5.79. The first kappa shape index (κ1) is 15.6. The zero-order chi connectivity index (χ0) is 17.5. The second-order valence-corrected chi connectivity index (χ2v) is 7.30. The molecular weight excluding hydrogens is 324 g/mol. The maximum Gasteiger partial charge on any atom is 0.237 e. The molecule has 2 aliphatic heterocycles. The minimum Gasteiger partial charge on any atom is -0.340 e. The summed E-state index contributed by atoms with van der Waals surface area (Å²) < 4.78 is 0. The van der Waals surface area contributed by atoms with E-state index in [-0.39, 0.29) is 11.9 Å². The summed E-state index contributed by atoms with van der Waals surface area (Å²) in [5.74, 6) is 1.13. The Kier molecular flexibility index (Phi) is 3.75. The van der Waals surface area contributed by atoms with Crippen molar-refractivity contribution >= 4 is 16.9 Å². The first-order chi connectivity index (χ1) is 12.8. The molecule has 1 N–H and O–H groups in total. The van der Waals surface area contributed by atoms with Gasteiger partial charge < -0.3 is 9.88 Å². The van der Waals surface area contributed by atoms with E-state index in [2.05, 4.69) is 34.1 Å². The molecule has 5 nitrogen and oxygen atoms in total. The minimum absolute atomic E-state index is 0.0693. The Morgan fingerprint density at radius 1 is 1.08 bits per heavy atom. The second kappa shape index (κ2) is 6.25. The van der Waals surface area contributed by atoms with Gasteiger partial charge in [-0.15, -0.1) is 0 Å². The third kappa shape index (κ3) is 2.69. The number of benzene rings is 2. The molecule has 1 aromatic heterocycles. The number of aromatic amines is 1. The van der Waals surface area contributed by atoms with Crippen LogP contribution >= 0.6 is 0 Å². The summed E-state index contributed by atoms with van der Waals surface area (Å²) >= 11 is 0. The van der Waals surface area contributed by atoms with E-state index < -0.39 is 0 Å². The van der Waals surface area contributed by atoms with Crippen LogP contribution < -0.4 is 0 Å². The smallest absolute Gasteiger partial charge is 0.237 e. The van der Waals surface area contributed by atoms with Crippen LogP contribution in [0, 0.1) is 0 Å². The van der Waals surface area contributed by atoms with Gasteiger partial charge in [0.25, 0.3) is 0 Å². The third-order valence-corrected chi connectivity index (χ3v) is 5.56. The molecule has 132 valence electrons. The number of hydrogen-bond donors (Lipinski definition) is 1. The molecular formula is C21H22N4O. The van der Waals surface area contributed by atoms with Crippen LogP contribution in [0.4, 0.5) is 0 Å². The van der Waals surface area contributed by atoms with E-state index in [0.29, 0.717) is 6.54 Å². The Hall–Kier alpha value is -2.66. The molecule has 1 amide bonds. The van der Waals surface area contributed by atoms with Gasteiger partial charge in [-0.2, -0.15) is 0 Å². The van der Waals surface area contributed by atoms with E-state index in [0.717, 1.165) is 49.3 Å². The highest BCUT2D eigenvalue weighted by Gasteiger charge is 2.33. The van der Waals surface area contributed by atoms with Gasteiger partial charge in [-0.3, -0.25) is 9.69 Å². The fourth-order valence-electron chi connectivity index (χ4n) is 4.28. The van der Waals surface area contributed by atoms with E-state index in [9.17, 15) is 4.79 Å². The molecule has 0 radical (unpaired) electrons. The van der Waals surface area contributed by atoms with Gasteiger partial charge in [-0.25, -0.2) is 4.98 Å². The van der Waals surface area contributed by atoms with Gasteiger partial charge in [0.15, 0.2) is 0 Å². The number of fused-ring (bicyclic) bond motifs is 2. The van der Waals surface area contributed by atoms with Crippen molar-refractivity contribution in [1.29, 1.82) is 0 Å². The fourth-order valence-corrected chi connectivity index (χ4v) is 4.28. The summed E-state index contributed by atoms with van der Waals surface area (Å²) in [4.78, 5) is 25.4. The van der Waals surface area contributed by atoms with E-state index in [1.54, 1.807) is 0 Å². The van der Waals surface area contributed by atoms with Crippen LogP contribution in [0.3, 0.4) is 0 Å². The fraction of sp³-hybridized carbons (Fsp3) is 0.333. The standard InChI is InChI=1S/C21H22N4O/c26-20(14-24-12-15-6-1-2-7-16(15)13-24)25-11-5-10-19(25)21-22-17-8-3-4-9-18(17)23-21/h1-4,6-9,19H,5,10-14H2,(H,22,23). The molecule has 0 saturated carbocycles. The molecule has 1 unspecified atom stereocenters. The number of imidazole rings is 1. The second-order valence-electron chi connectivity index (χ2n) is 7.30. The Morgan fingerprint density at radius 2 is 1.81 bits per heavy atom. The van der Waals surface area contributed by atoms with Crippen LogP contribution in [-0.4, -0.2) is 38.8 Å². The average molecular weight is 346 g/mol. The van der Waals surface area contributed by atoms with Crippen LogP contribution in [0.25, 0.3) is 11.0 Å². The van der Waals surface area contributed by atoms with E-state index in [1.807, 2.05) is 29.2 Å². The number of likely N-dealkylation sites (tertiary alicyclic amines) is 1. The first-order valence-electron chi connectivity index (χ1n) is 9.31. The van der Waals surface area contributed by atoms with Crippen LogP contribution in [0.5, 0.6) is 0 Å². The van der Waals surface area contributed by atoms with Crippen molar-refractivity contribution in [3.63, 3.8) is 0 Å². The third-order valence-electron chi connectivity index (χ3n) is 5.56. The molecule has 1 saturated heterocycles. The number of rotatable bonds is 3. The van der Waals surface area contributed by atoms with Crippen molar-refractivity contribution in [2.45, 2.75) is 32.0 Å². The van der Waals surface area contributed by atoms with Gasteiger partial charge >= 0.3 is 0 Å². The van der Waals surface area contributed by atoms with Crippen molar-refractivity contribution in [3.05, 3.63) is 65.5 Å². The number of amides is 1. The number of nitrogens with one attached hydrogen (secondary N) is 1. The van der Waals surface area contributed by atoms with E-state index >= 15 is 0 Å². The number of H-pyrrole nitrogens is 1. The van der Waals surface area contributed by atoms with Gasteiger partial charge in [0, 0.05) is 19.6 Å². The van der Waals surface area contributed by atoms with Gasteiger partial charge in [-0.1, -0.05) is 36.4 Å². The van der Waals surface area contributed by atoms with Gasteiger partial charge in [0.1, 0.15) is 5.82 Å². The molecule has 0 bridgehead atoms. The van der Waals surface area contributed by atoms with Crippen molar-refractivity contribution < 1.29 is 4.79 Å². The van der Waals surface area contributed by atoms with Gasteiger partial charge in [0.05, 0.1) is 23.6 Å². The number of aromatic nitrogens is 2. The van der Waals surface area contributed by atoms with Gasteiger partial charge in [0.2, 0.25) is 5.91 Å². The van der Waals surface area contributed by atoms with Crippen molar-refractivity contribution in [1.82, 2.24) is 19.8 Å². The zero-order valence-electron chi connectivity index (χ0n) is 14.7. The largest absolute Gasteiger partial charge is 0.340 e. The lowest BCUT2D eigenvalue weighted by atomic mass is 10.1. The number of para-hydroxylation sites is 2. The highest BCUT2D eigenvalue weighted by atomic mass is 16.2. The maximum atomic E-state index is 13.0. The normalized spacial score (nSPS) is 20.0.